The maximum atomic E-state index is 12.5. The summed E-state index contributed by atoms with van der Waals surface area (Å²) in [5.41, 5.74) is 4.08. The zero-order valence-corrected chi connectivity index (χ0v) is 16.8. The van der Waals surface area contributed by atoms with Crippen molar-refractivity contribution in [3.63, 3.8) is 0 Å². The predicted molar refractivity (Wildman–Crippen MR) is 111 cm³/mol. The van der Waals surface area contributed by atoms with E-state index in [0.717, 1.165) is 22.4 Å². The van der Waals surface area contributed by atoms with E-state index >= 15 is 0 Å². The van der Waals surface area contributed by atoms with Gasteiger partial charge in [-0.3, -0.25) is 9.69 Å². The van der Waals surface area contributed by atoms with Crippen molar-refractivity contribution in [2.24, 2.45) is 0 Å². The van der Waals surface area contributed by atoms with Gasteiger partial charge in [0.1, 0.15) is 11.6 Å². The summed E-state index contributed by atoms with van der Waals surface area (Å²) in [4.78, 5) is 22.3. The molecule has 0 bridgehead atoms. The van der Waals surface area contributed by atoms with Crippen molar-refractivity contribution in [3.8, 4) is 17.1 Å². The Morgan fingerprint density at radius 3 is 2.71 bits per heavy atom. The third-order valence-electron chi connectivity index (χ3n) is 4.98. The van der Waals surface area contributed by atoms with Crippen LogP contribution in [0.2, 0.25) is 10.0 Å². The number of aromatic nitrogens is 2. The Hall–Kier alpha value is -2.34. The molecule has 144 valence electrons. The monoisotopic (exact) mass is 415 g/mol. The fourth-order valence-corrected chi connectivity index (χ4v) is 3.99. The normalized spacial score (nSPS) is 14.1. The molecule has 1 aliphatic heterocycles. The van der Waals surface area contributed by atoms with Gasteiger partial charge in [0.15, 0.2) is 0 Å². The zero-order valence-electron chi connectivity index (χ0n) is 15.3. The first kappa shape index (κ1) is 19.0. The molecule has 0 saturated carbocycles. The van der Waals surface area contributed by atoms with E-state index in [4.69, 9.17) is 28.2 Å². The molecule has 3 aromatic rings. The van der Waals surface area contributed by atoms with E-state index in [-0.39, 0.29) is 16.3 Å². The number of phenols is 1. The van der Waals surface area contributed by atoms with Gasteiger partial charge in [-0.15, -0.1) is 0 Å². The Morgan fingerprint density at radius 1 is 1.21 bits per heavy atom. The first-order valence-electron chi connectivity index (χ1n) is 8.99. The summed E-state index contributed by atoms with van der Waals surface area (Å²) in [5, 5.41) is 10.9. The van der Waals surface area contributed by atoms with E-state index in [1.807, 2.05) is 31.2 Å². The summed E-state index contributed by atoms with van der Waals surface area (Å²) in [6.07, 6.45) is 0.598. The highest BCUT2D eigenvalue weighted by Gasteiger charge is 2.22. The van der Waals surface area contributed by atoms with Crippen molar-refractivity contribution in [1.82, 2.24) is 14.9 Å². The molecule has 0 radical (unpaired) electrons. The molecule has 28 heavy (non-hydrogen) atoms. The molecule has 1 aromatic heterocycles. The Kier molecular flexibility index (Phi) is 5.15. The van der Waals surface area contributed by atoms with Gasteiger partial charge in [-0.1, -0.05) is 53.0 Å². The number of benzene rings is 2. The lowest BCUT2D eigenvalue weighted by atomic mass is 10.0. The van der Waals surface area contributed by atoms with Gasteiger partial charge in [0.05, 0.1) is 10.7 Å². The van der Waals surface area contributed by atoms with Gasteiger partial charge >= 0.3 is 0 Å². The molecule has 0 saturated heterocycles. The molecule has 0 amide bonds. The average Bonchev–Trinajstić information content (AvgIpc) is 2.66. The van der Waals surface area contributed by atoms with Gasteiger partial charge < -0.3 is 10.1 Å². The van der Waals surface area contributed by atoms with Crippen LogP contribution in [0.15, 0.2) is 41.2 Å². The van der Waals surface area contributed by atoms with Crippen LogP contribution in [0.25, 0.3) is 11.4 Å². The number of hydrogen-bond acceptors (Lipinski definition) is 4. The molecule has 0 aliphatic carbocycles. The minimum absolute atomic E-state index is 0.0380. The maximum Gasteiger partial charge on any atom is 0.254 e. The molecule has 4 rings (SSSR count). The minimum atomic E-state index is -0.0890. The number of rotatable bonds is 3. The van der Waals surface area contributed by atoms with Crippen LogP contribution < -0.4 is 5.56 Å². The second-order valence-corrected chi connectivity index (χ2v) is 7.91. The average molecular weight is 416 g/mol. The van der Waals surface area contributed by atoms with Crippen molar-refractivity contribution < 1.29 is 5.11 Å². The van der Waals surface area contributed by atoms with E-state index in [1.54, 1.807) is 6.07 Å². The molecule has 0 unspecified atom stereocenters. The summed E-state index contributed by atoms with van der Waals surface area (Å²) in [5.74, 6) is 0.607. The zero-order chi connectivity index (χ0) is 19.8. The highest BCUT2D eigenvalue weighted by Crippen LogP contribution is 2.32. The Bertz CT molecular complexity index is 1090. The highest BCUT2D eigenvalue weighted by atomic mass is 35.5. The third-order valence-corrected chi connectivity index (χ3v) is 5.48. The number of nitrogens with zero attached hydrogens (tertiary/aromatic N) is 2. The largest absolute Gasteiger partial charge is 0.506 e. The smallest absolute Gasteiger partial charge is 0.254 e. The molecule has 0 atom stereocenters. The summed E-state index contributed by atoms with van der Waals surface area (Å²) in [7, 11) is 0. The highest BCUT2D eigenvalue weighted by molar-refractivity contribution is 6.35. The fraction of sp³-hybridized carbons (Fsp3) is 0.238. The lowest BCUT2D eigenvalue weighted by Gasteiger charge is -2.28. The summed E-state index contributed by atoms with van der Waals surface area (Å²) < 4.78 is 0. The van der Waals surface area contributed by atoms with Crippen molar-refractivity contribution in [1.29, 1.82) is 0 Å². The molecule has 5 nitrogen and oxygen atoms in total. The Labute approximate surface area is 172 Å². The minimum Gasteiger partial charge on any atom is -0.506 e. The molecular formula is C21H19Cl2N3O2. The molecule has 2 heterocycles. The van der Waals surface area contributed by atoms with Crippen LogP contribution in [0.4, 0.5) is 0 Å². The van der Waals surface area contributed by atoms with Crippen LogP contribution >= 0.6 is 23.2 Å². The lowest BCUT2D eigenvalue weighted by Crippen LogP contribution is -2.35. The second-order valence-electron chi connectivity index (χ2n) is 7.06. The number of nitrogens with one attached hydrogen (secondary N) is 1. The summed E-state index contributed by atoms with van der Waals surface area (Å²) in [6.45, 7) is 3.69. The summed E-state index contributed by atoms with van der Waals surface area (Å²) >= 11 is 12.1. The number of hydrogen-bond donors (Lipinski definition) is 2. The van der Waals surface area contributed by atoms with Crippen LogP contribution in [0.1, 0.15) is 22.4 Å². The standard InChI is InChI=1S/C21H19Cl2N3O2/c1-12-2-4-13(5-3-12)20-24-18-11-26(7-6-16(18)21(28)25-20)10-14-8-15(22)9-17(23)19(14)27/h2-5,8-9,27H,6-7,10-11H2,1H3,(H,24,25,28). The van der Waals surface area contributed by atoms with Crippen molar-refractivity contribution >= 4 is 23.2 Å². The van der Waals surface area contributed by atoms with Crippen molar-refractivity contribution in [2.45, 2.75) is 26.4 Å². The van der Waals surface area contributed by atoms with Gasteiger partial charge in [0.2, 0.25) is 0 Å². The number of H-pyrrole nitrogens is 1. The fourth-order valence-electron chi connectivity index (χ4n) is 3.46. The molecular weight excluding hydrogens is 397 g/mol. The molecule has 0 spiro atoms. The van der Waals surface area contributed by atoms with Gasteiger partial charge in [0.25, 0.3) is 5.56 Å². The van der Waals surface area contributed by atoms with E-state index < -0.39 is 0 Å². The second kappa shape index (κ2) is 7.59. The van der Waals surface area contributed by atoms with Gasteiger partial charge in [0, 0.05) is 41.3 Å². The van der Waals surface area contributed by atoms with E-state index in [1.165, 1.54) is 6.07 Å². The maximum absolute atomic E-state index is 12.5. The number of fused-ring (bicyclic) bond motifs is 1. The van der Waals surface area contributed by atoms with Crippen LogP contribution in [0, 0.1) is 6.92 Å². The van der Waals surface area contributed by atoms with Crippen molar-refractivity contribution in [2.75, 3.05) is 6.54 Å². The molecule has 0 fully saturated rings. The SMILES string of the molecule is Cc1ccc(-c2nc3c(c(=O)[nH]2)CCN(Cc2cc(Cl)cc(Cl)c2O)C3)cc1. The van der Waals surface area contributed by atoms with E-state index in [9.17, 15) is 9.90 Å². The van der Waals surface area contributed by atoms with E-state index in [2.05, 4.69) is 9.88 Å². The quantitative estimate of drug-likeness (QED) is 0.668. The lowest BCUT2D eigenvalue weighted by molar-refractivity contribution is 0.237. The number of aromatic amines is 1. The molecule has 1 aliphatic rings. The number of phenolic OH excluding ortho intramolecular Hbond substituents is 1. The van der Waals surface area contributed by atoms with Gasteiger partial charge in [-0.25, -0.2) is 4.98 Å². The van der Waals surface area contributed by atoms with Gasteiger partial charge in [-0.2, -0.15) is 0 Å². The number of aromatic hydroxyl groups is 1. The number of aryl methyl sites for hydroxylation is 1. The Morgan fingerprint density at radius 2 is 1.96 bits per heavy atom. The predicted octanol–water partition coefficient (Wildman–Crippen LogP) is 4.32. The van der Waals surface area contributed by atoms with Gasteiger partial charge in [-0.05, 0) is 25.5 Å². The van der Waals surface area contributed by atoms with Crippen LogP contribution in [-0.2, 0) is 19.5 Å². The molecule has 2 N–H and O–H groups in total. The molecule has 2 aromatic carbocycles. The van der Waals surface area contributed by atoms with Crippen LogP contribution in [-0.4, -0.2) is 26.5 Å². The topological polar surface area (TPSA) is 69.2 Å². The van der Waals surface area contributed by atoms with Crippen LogP contribution in [0.5, 0.6) is 5.75 Å². The summed E-state index contributed by atoms with van der Waals surface area (Å²) in [6, 6.07) is 11.1. The first-order valence-corrected chi connectivity index (χ1v) is 9.74. The first-order chi connectivity index (χ1) is 13.4. The van der Waals surface area contributed by atoms with Crippen molar-refractivity contribution in [3.05, 3.63) is 79.2 Å². The third kappa shape index (κ3) is 3.78. The van der Waals surface area contributed by atoms with Crippen LogP contribution in [0.3, 0.4) is 0 Å². The number of halogens is 2. The van der Waals surface area contributed by atoms with E-state index in [0.29, 0.717) is 42.5 Å². The molecule has 7 heteroatoms. The Balaban J connectivity index is 1.63.